The highest BCUT2D eigenvalue weighted by molar-refractivity contribution is 6.32. The van der Waals surface area contributed by atoms with Crippen LogP contribution < -0.4 is 10.9 Å². The molecular weight excluding hydrogens is 364 g/mol. The minimum atomic E-state index is -0.542. The zero-order chi connectivity index (χ0) is 18.7. The third-order valence-corrected chi connectivity index (χ3v) is 3.81. The summed E-state index contributed by atoms with van der Waals surface area (Å²) >= 11 is 6.12. The molecule has 0 saturated carbocycles. The van der Waals surface area contributed by atoms with Gasteiger partial charge in [0, 0.05) is 25.1 Å². The molecular formula is C15H13ClN6O4. The second kappa shape index (κ2) is 7.31. The van der Waals surface area contributed by atoms with Crippen molar-refractivity contribution < 1.29 is 9.45 Å². The van der Waals surface area contributed by atoms with Crippen molar-refractivity contribution in [3.8, 4) is 5.69 Å². The van der Waals surface area contributed by atoms with Crippen LogP contribution in [0, 0.1) is 17.0 Å². The van der Waals surface area contributed by atoms with Gasteiger partial charge < -0.3 is 9.84 Å². The van der Waals surface area contributed by atoms with Gasteiger partial charge in [-0.1, -0.05) is 16.8 Å². The van der Waals surface area contributed by atoms with Crippen LogP contribution in [0.1, 0.15) is 11.7 Å². The lowest BCUT2D eigenvalue weighted by Gasteiger charge is -2.09. The van der Waals surface area contributed by atoms with Crippen molar-refractivity contribution in [1.82, 2.24) is 19.9 Å². The first-order valence-corrected chi connectivity index (χ1v) is 7.89. The van der Waals surface area contributed by atoms with Gasteiger partial charge in [-0.2, -0.15) is 14.8 Å². The fourth-order valence-corrected chi connectivity index (χ4v) is 2.40. The second-order valence-corrected chi connectivity index (χ2v) is 5.65. The van der Waals surface area contributed by atoms with E-state index in [1.165, 1.54) is 30.5 Å². The Balaban J connectivity index is 1.75. The summed E-state index contributed by atoms with van der Waals surface area (Å²) in [6, 6.07) is 5.42. The number of halogens is 1. The molecule has 0 aliphatic heterocycles. The van der Waals surface area contributed by atoms with Crippen LogP contribution in [0.5, 0.6) is 0 Å². The zero-order valence-corrected chi connectivity index (χ0v) is 14.3. The second-order valence-electron chi connectivity index (χ2n) is 5.27. The summed E-state index contributed by atoms with van der Waals surface area (Å²) in [7, 11) is 0. The van der Waals surface area contributed by atoms with E-state index >= 15 is 0 Å². The van der Waals surface area contributed by atoms with Gasteiger partial charge in [0.1, 0.15) is 5.02 Å². The van der Waals surface area contributed by atoms with E-state index in [9.17, 15) is 14.9 Å². The molecule has 0 spiro atoms. The molecule has 3 rings (SSSR count). The number of non-ortho nitro benzene ring substituents is 1. The van der Waals surface area contributed by atoms with E-state index in [-0.39, 0.29) is 10.7 Å². The van der Waals surface area contributed by atoms with E-state index < -0.39 is 10.5 Å². The number of aryl methyl sites for hydroxylation is 1. The Labute approximate surface area is 151 Å². The standard InChI is InChI=1S/C15H13ClN6O4/c1-9-19-13(26-20-9)6-7-17-12-8-18-21(15(23)14(12)16)10-2-4-11(5-3-10)22(24)25/h2-5,8,17H,6-7H2,1H3. The zero-order valence-electron chi connectivity index (χ0n) is 13.5. The molecule has 0 saturated heterocycles. The first-order valence-electron chi connectivity index (χ1n) is 7.51. The van der Waals surface area contributed by atoms with E-state index in [1.54, 1.807) is 6.92 Å². The molecule has 26 heavy (non-hydrogen) atoms. The normalized spacial score (nSPS) is 10.7. The number of aromatic nitrogens is 4. The highest BCUT2D eigenvalue weighted by Gasteiger charge is 2.12. The molecule has 2 heterocycles. The molecule has 1 N–H and O–H groups in total. The van der Waals surface area contributed by atoms with Crippen molar-refractivity contribution in [2.24, 2.45) is 0 Å². The summed E-state index contributed by atoms with van der Waals surface area (Å²) in [4.78, 5) is 26.6. The molecule has 2 aromatic heterocycles. The van der Waals surface area contributed by atoms with Gasteiger partial charge >= 0.3 is 0 Å². The maximum atomic E-state index is 12.4. The molecule has 0 amide bonds. The molecule has 0 unspecified atom stereocenters. The molecule has 1 aromatic carbocycles. The summed E-state index contributed by atoms with van der Waals surface area (Å²) in [5.74, 6) is 1.02. The van der Waals surface area contributed by atoms with E-state index in [2.05, 4.69) is 20.6 Å². The highest BCUT2D eigenvalue weighted by atomic mass is 35.5. The van der Waals surface area contributed by atoms with Crippen molar-refractivity contribution in [2.75, 3.05) is 11.9 Å². The number of hydrogen-bond donors (Lipinski definition) is 1. The van der Waals surface area contributed by atoms with Gasteiger partial charge in [-0.05, 0) is 19.1 Å². The summed E-state index contributed by atoms with van der Waals surface area (Å²) in [6.45, 7) is 2.14. The molecule has 10 nitrogen and oxygen atoms in total. The maximum Gasteiger partial charge on any atom is 0.292 e. The quantitative estimate of drug-likeness (QED) is 0.511. The number of rotatable bonds is 6. The van der Waals surface area contributed by atoms with Gasteiger partial charge in [-0.15, -0.1) is 0 Å². The van der Waals surface area contributed by atoms with Crippen LogP contribution in [0.25, 0.3) is 5.69 Å². The number of benzene rings is 1. The van der Waals surface area contributed by atoms with Crippen molar-refractivity contribution in [1.29, 1.82) is 0 Å². The Hall–Kier alpha value is -3.27. The Kier molecular flexibility index (Phi) is 4.94. The van der Waals surface area contributed by atoms with Crippen LogP contribution in [0.15, 0.2) is 39.8 Å². The number of nitrogens with one attached hydrogen (secondary N) is 1. The smallest absolute Gasteiger partial charge is 0.292 e. The van der Waals surface area contributed by atoms with Crippen LogP contribution >= 0.6 is 11.6 Å². The van der Waals surface area contributed by atoms with Gasteiger partial charge in [-0.25, -0.2) is 0 Å². The van der Waals surface area contributed by atoms with Crippen LogP contribution in [-0.2, 0) is 6.42 Å². The lowest BCUT2D eigenvalue weighted by Crippen LogP contribution is -2.23. The van der Waals surface area contributed by atoms with Crippen molar-refractivity contribution in [2.45, 2.75) is 13.3 Å². The van der Waals surface area contributed by atoms with E-state index in [4.69, 9.17) is 16.1 Å². The largest absolute Gasteiger partial charge is 0.382 e. The first kappa shape index (κ1) is 17.5. The highest BCUT2D eigenvalue weighted by Crippen LogP contribution is 2.18. The minimum Gasteiger partial charge on any atom is -0.382 e. The van der Waals surface area contributed by atoms with E-state index in [1.807, 2.05) is 0 Å². The Bertz CT molecular complexity index is 998. The molecule has 0 atom stereocenters. The average Bonchev–Trinajstić information content (AvgIpc) is 3.04. The third kappa shape index (κ3) is 3.70. The molecule has 0 aliphatic rings. The molecule has 0 radical (unpaired) electrons. The van der Waals surface area contributed by atoms with Gasteiger partial charge in [0.25, 0.3) is 11.2 Å². The summed E-state index contributed by atoms with van der Waals surface area (Å²) in [6.07, 6.45) is 1.87. The molecule has 0 aliphatic carbocycles. The Morgan fingerprint density at radius 1 is 1.35 bits per heavy atom. The van der Waals surface area contributed by atoms with Crippen LogP contribution in [0.3, 0.4) is 0 Å². The van der Waals surface area contributed by atoms with Gasteiger partial charge in [0.15, 0.2) is 5.82 Å². The van der Waals surface area contributed by atoms with Crippen LogP contribution in [0.4, 0.5) is 11.4 Å². The molecule has 0 fully saturated rings. The SMILES string of the molecule is Cc1noc(CCNc2cnn(-c3ccc([N+](=O)[O-])cc3)c(=O)c2Cl)n1. The predicted octanol–water partition coefficient (Wildman–Crippen LogP) is 2.14. The fraction of sp³-hybridized carbons (Fsp3) is 0.200. The number of hydrogen-bond acceptors (Lipinski definition) is 8. The fourth-order valence-electron chi connectivity index (χ4n) is 2.20. The molecule has 11 heteroatoms. The van der Waals surface area contributed by atoms with Gasteiger partial charge in [-0.3, -0.25) is 14.9 Å². The maximum absolute atomic E-state index is 12.4. The summed E-state index contributed by atoms with van der Waals surface area (Å²) in [5, 5.41) is 21.4. The monoisotopic (exact) mass is 376 g/mol. The Morgan fingerprint density at radius 2 is 2.08 bits per heavy atom. The molecule has 134 valence electrons. The van der Waals surface area contributed by atoms with E-state index in [0.717, 1.165) is 4.68 Å². The number of nitro benzene ring substituents is 1. The van der Waals surface area contributed by atoms with Crippen molar-refractivity contribution in [3.63, 3.8) is 0 Å². The summed E-state index contributed by atoms with van der Waals surface area (Å²) in [5.41, 5.74) is 0.114. The number of nitrogens with zero attached hydrogens (tertiary/aromatic N) is 5. The average molecular weight is 377 g/mol. The lowest BCUT2D eigenvalue weighted by molar-refractivity contribution is -0.384. The topological polar surface area (TPSA) is 129 Å². The molecule has 3 aromatic rings. The van der Waals surface area contributed by atoms with Crippen molar-refractivity contribution in [3.05, 3.63) is 67.7 Å². The third-order valence-electron chi connectivity index (χ3n) is 3.45. The lowest BCUT2D eigenvalue weighted by atomic mass is 10.3. The number of anilines is 1. The van der Waals surface area contributed by atoms with Crippen LogP contribution in [0.2, 0.25) is 5.02 Å². The first-order chi connectivity index (χ1) is 12.5. The van der Waals surface area contributed by atoms with Crippen LogP contribution in [-0.4, -0.2) is 31.4 Å². The number of nitro groups is 1. The van der Waals surface area contributed by atoms with Gasteiger partial charge in [0.2, 0.25) is 5.89 Å². The summed E-state index contributed by atoms with van der Waals surface area (Å²) < 4.78 is 6.06. The van der Waals surface area contributed by atoms with Gasteiger partial charge in [0.05, 0.1) is 22.5 Å². The molecule has 0 bridgehead atoms. The predicted molar refractivity (Wildman–Crippen MR) is 92.7 cm³/mol. The Morgan fingerprint density at radius 3 is 2.69 bits per heavy atom. The minimum absolute atomic E-state index is 0.0416. The van der Waals surface area contributed by atoms with E-state index in [0.29, 0.717) is 36.1 Å². The van der Waals surface area contributed by atoms with Crippen molar-refractivity contribution >= 4 is 23.0 Å².